The van der Waals surface area contributed by atoms with Crippen molar-refractivity contribution in [3.63, 3.8) is 0 Å². The molecule has 1 fully saturated rings. The van der Waals surface area contributed by atoms with Crippen LogP contribution in [-0.2, 0) is 9.53 Å². The van der Waals surface area contributed by atoms with Crippen LogP contribution in [0.15, 0.2) is 11.6 Å². The summed E-state index contributed by atoms with van der Waals surface area (Å²) in [5.41, 5.74) is 1.79. The van der Waals surface area contributed by atoms with E-state index in [4.69, 9.17) is 4.74 Å². The van der Waals surface area contributed by atoms with Crippen molar-refractivity contribution < 1.29 is 14.6 Å². The molecule has 0 spiro atoms. The van der Waals surface area contributed by atoms with E-state index in [0.717, 1.165) is 18.8 Å². The highest BCUT2D eigenvalue weighted by Crippen LogP contribution is 2.61. The Labute approximate surface area is 154 Å². The van der Waals surface area contributed by atoms with Crippen molar-refractivity contribution in [2.75, 3.05) is 13.2 Å². The van der Waals surface area contributed by atoms with Gasteiger partial charge in [-0.05, 0) is 72.7 Å². The van der Waals surface area contributed by atoms with Crippen molar-refractivity contribution in [1.82, 2.24) is 0 Å². The number of fused-ring (bicyclic) bond motifs is 1. The highest BCUT2D eigenvalue weighted by molar-refractivity contribution is 5.65. The highest BCUT2D eigenvalue weighted by Gasteiger charge is 2.53. The van der Waals surface area contributed by atoms with Crippen LogP contribution in [0, 0.1) is 28.6 Å². The van der Waals surface area contributed by atoms with E-state index in [9.17, 15) is 9.90 Å². The Kier molecular flexibility index (Phi) is 6.75. The zero-order valence-electron chi connectivity index (χ0n) is 16.9. The Morgan fingerprint density at radius 1 is 1.36 bits per heavy atom. The number of aliphatic hydroxyl groups is 1. The zero-order chi connectivity index (χ0) is 18.7. The number of allylic oxidation sites excluding steroid dienone is 1. The van der Waals surface area contributed by atoms with E-state index in [2.05, 4.69) is 33.8 Å². The monoisotopic (exact) mass is 350 g/mol. The predicted octanol–water partition coefficient (Wildman–Crippen LogP) is 5.13. The molecule has 1 saturated carbocycles. The molecule has 1 N–H and O–H groups in total. The molecule has 0 heterocycles. The third-order valence-corrected chi connectivity index (χ3v) is 7.63. The second kappa shape index (κ2) is 8.24. The maximum absolute atomic E-state index is 10.9. The zero-order valence-corrected chi connectivity index (χ0v) is 16.9. The Bertz CT molecular complexity index is 498. The van der Waals surface area contributed by atoms with E-state index in [-0.39, 0.29) is 18.0 Å². The first kappa shape index (κ1) is 20.5. The first-order valence-electron chi connectivity index (χ1n) is 10.2. The van der Waals surface area contributed by atoms with Crippen molar-refractivity contribution >= 4 is 5.97 Å². The van der Waals surface area contributed by atoms with Crippen LogP contribution >= 0.6 is 0 Å². The van der Waals surface area contributed by atoms with Gasteiger partial charge in [-0.1, -0.05) is 40.2 Å². The number of ether oxygens (including phenoxy) is 1. The topological polar surface area (TPSA) is 46.5 Å². The van der Waals surface area contributed by atoms with Crippen LogP contribution in [0.25, 0.3) is 0 Å². The van der Waals surface area contributed by atoms with Gasteiger partial charge in [0.2, 0.25) is 0 Å². The molecule has 2 aliphatic rings. The summed E-state index contributed by atoms with van der Waals surface area (Å²) in [7, 11) is 0. The van der Waals surface area contributed by atoms with E-state index < -0.39 is 0 Å². The van der Waals surface area contributed by atoms with E-state index in [0.29, 0.717) is 23.9 Å². The lowest BCUT2D eigenvalue weighted by Crippen LogP contribution is -2.50. The molecule has 0 aromatic carbocycles. The van der Waals surface area contributed by atoms with Crippen molar-refractivity contribution in [2.24, 2.45) is 28.6 Å². The average molecular weight is 351 g/mol. The van der Waals surface area contributed by atoms with Crippen molar-refractivity contribution in [2.45, 2.75) is 79.6 Å². The van der Waals surface area contributed by atoms with Gasteiger partial charge in [-0.15, -0.1) is 0 Å². The number of hydrogen-bond donors (Lipinski definition) is 1. The third-order valence-electron chi connectivity index (χ3n) is 7.63. The van der Waals surface area contributed by atoms with Crippen molar-refractivity contribution in [1.29, 1.82) is 0 Å². The SMILES string of the molecule is CC(=O)OCC[C@H](C)CC[C@@]1(C)[C@H](C)CC[C@]2(C)C(CO)=CCC[C@H]12. The Morgan fingerprint density at radius 2 is 2.08 bits per heavy atom. The van der Waals surface area contributed by atoms with Gasteiger partial charge >= 0.3 is 5.97 Å². The van der Waals surface area contributed by atoms with Crippen LogP contribution in [0.1, 0.15) is 79.6 Å². The van der Waals surface area contributed by atoms with Crippen LogP contribution < -0.4 is 0 Å². The van der Waals surface area contributed by atoms with Gasteiger partial charge in [0.15, 0.2) is 0 Å². The fourth-order valence-electron chi connectivity index (χ4n) is 5.55. The number of esters is 1. The molecule has 2 rings (SSSR count). The molecular formula is C22H38O3. The molecule has 0 aliphatic heterocycles. The molecular weight excluding hydrogens is 312 g/mol. The van der Waals surface area contributed by atoms with Crippen LogP contribution in [0.3, 0.4) is 0 Å². The summed E-state index contributed by atoms with van der Waals surface area (Å²) in [5.74, 6) is 1.79. The number of carbonyl (C=O) groups excluding carboxylic acids is 1. The minimum absolute atomic E-state index is 0.176. The van der Waals surface area contributed by atoms with E-state index in [1.807, 2.05) is 0 Å². The fourth-order valence-corrected chi connectivity index (χ4v) is 5.55. The molecule has 2 aliphatic carbocycles. The van der Waals surface area contributed by atoms with Gasteiger partial charge in [-0.2, -0.15) is 0 Å². The lowest BCUT2D eigenvalue weighted by molar-refractivity contribution is -0.141. The molecule has 0 unspecified atom stereocenters. The summed E-state index contributed by atoms with van der Waals surface area (Å²) in [5, 5.41) is 9.88. The summed E-state index contributed by atoms with van der Waals surface area (Å²) < 4.78 is 5.11. The van der Waals surface area contributed by atoms with E-state index >= 15 is 0 Å². The second-order valence-corrected chi connectivity index (χ2v) is 9.15. The van der Waals surface area contributed by atoms with Gasteiger partial charge in [0, 0.05) is 6.92 Å². The predicted molar refractivity (Wildman–Crippen MR) is 102 cm³/mol. The molecule has 3 heteroatoms. The van der Waals surface area contributed by atoms with Crippen LogP contribution in [0.2, 0.25) is 0 Å². The van der Waals surface area contributed by atoms with Crippen LogP contribution in [0.4, 0.5) is 0 Å². The standard InChI is InChI=1S/C22H38O3/c1-16(11-14-25-18(3)24)9-12-21(4)17(2)10-13-22(5)19(15-23)7-6-8-20(21)22/h7,16-17,20,23H,6,8-15H2,1-5H3/t16-,17-,20-,21+,22-/m1/s1. The molecule has 0 aromatic rings. The van der Waals surface area contributed by atoms with E-state index in [1.54, 1.807) is 0 Å². The van der Waals surface area contributed by atoms with Gasteiger partial charge in [0.1, 0.15) is 0 Å². The molecule has 0 saturated heterocycles. The molecule has 25 heavy (non-hydrogen) atoms. The maximum atomic E-state index is 10.9. The molecule has 0 amide bonds. The average Bonchev–Trinajstić information content (AvgIpc) is 2.56. The summed E-state index contributed by atoms with van der Waals surface area (Å²) in [6.45, 7) is 11.8. The number of carbonyl (C=O) groups is 1. The summed E-state index contributed by atoms with van der Waals surface area (Å²) >= 11 is 0. The van der Waals surface area contributed by atoms with Gasteiger partial charge < -0.3 is 9.84 Å². The number of hydrogen-bond acceptors (Lipinski definition) is 3. The van der Waals surface area contributed by atoms with Crippen molar-refractivity contribution in [3.8, 4) is 0 Å². The first-order valence-corrected chi connectivity index (χ1v) is 10.2. The summed E-state index contributed by atoms with van der Waals surface area (Å²) in [6.07, 6.45) is 10.5. The Hall–Kier alpha value is -0.830. The summed E-state index contributed by atoms with van der Waals surface area (Å²) in [4.78, 5) is 10.9. The minimum Gasteiger partial charge on any atom is -0.466 e. The van der Waals surface area contributed by atoms with Gasteiger partial charge in [0.05, 0.1) is 13.2 Å². The number of rotatable bonds is 7. The van der Waals surface area contributed by atoms with Crippen LogP contribution in [-0.4, -0.2) is 24.3 Å². The van der Waals surface area contributed by atoms with Crippen LogP contribution in [0.5, 0.6) is 0 Å². The normalized spacial score (nSPS) is 36.3. The highest BCUT2D eigenvalue weighted by atomic mass is 16.5. The van der Waals surface area contributed by atoms with E-state index in [1.165, 1.54) is 44.6 Å². The molecule has 3 nitrogen and oxygen atoms in total. The quantitative estimate of drug-likeness (QED) is 0.511. The Balaban J connectivity index is 2.04. The fraction of sp³-hybridized carbons (Fsp3) is 0.864. The molecule has 5 atom stereocenters. The third kappa shape index (κ3) is 4.30. The Morgan fingerprint density at radius 3 is 2.72 bits per heavy atom. The molecule has 0 bridgehead atoms. The largest absolute Gasteiger partial charge is 0.466 e. The smallest absolute Gasteiger partial charge is 0.302 e. The molecule has 0 aromatic heterocycles. The van der Waals surface area contributed by atoms with Gasteiger partial charge in [-0.3, -0.25) is 4.79 Å². The minimum atomic E-state index is -0.179. The lowest BCUT2D eigenvalue weighted by atomic mass is 9.46. The lowest BCUT2D eigenvalue weighted by Gasteiger charge is -2.58. The number of aliphatic hydroxyl groups excluding tert-OH is 1. The molecule has 0 radical (unpaired) electrons. The second-order valence-electron chi connectivity index (χ2n) is 9.15. The van der Waals surface area contributed by atoms with Gasteiger partial charge in [0.25, 0.3) is 0 Å². The van der Waals surface area contributed by atoms with Crippen molar-refractivity contribution in [3.05, 3.63) is 11.6 Å². The summed E-state index contributed by atoms with van der Waals surface area (Å²) in [6, 6.07) is 0. The molecule has 144 valence electrons. The maximum Gasteiger partial charge on any atom is 0.302 e. The first-order chi connectivity index (χ1) is 11.7. The van der Waals surface area contributed by atoms with Gasteiger partial charge in [-0.25, -0.2) is 0 Å².